The first-order chi connectivity index (χ1) is 7.40. The normalized spacial score (nSPS) is 23.8. The second kappa shape index (κ2) is 5.11. The van der Waals surface area contributed by atoms with Gasteiger partial charge in [-0.3, -0.25) is 4.79 Å². The molecule has 94 valence electrons. The van der Waals surface area contributed by atoms with E-state index in [2.05, 4.69) is 0 Å². The third-order valence-electron chi connectivity index (χ3n) is 2.86. The largest absolute Gasteiger partial charge is 0.383 e. The van der Waals surface area contributed by atoms with Gasteiger partial charge in [-0.05, 0) is 6.42 Å². The minimum atomic E-state index is -3.63. The molecular formula is C9H18N2O4S. The Morgan fingerprint density at radius 1 is 1.62 bits per heavy atom. The molecule has 0 aromatic heterocycles. The summed E-state index contributed by atoms with van der Waals surface area (Å²) in [4.78, 5) is 13.2. The SMILES string of the molecule is CCC(COC)N1CC(S(N)(=O)=O)CC1=O. The van der Waals surface area contributed by atoms with Crippen molar-refractivity contribution < 1.29 is 17.9 Å². The van der Waals surface area contributed by atoms with Crippen LogP contribution in [0.4, 0.5) is 0 Å². The molecule has 0 bridgehead atoms. The van der Waals surface area contributed by atoms with E-state index in [9.17, 15) is 13.2 Å². The molecule has 1 saturated heterocycles. The summed E-state index contributed by atoms with van der Waals surface area (Å²) in [7, 11) is -2.07. The summed E-state index contributed by atoms with van der Waals surface area (Å²) >= 11 is 0. The molecule has 1 heterocycles. The number of primary sulfonamides is 1. The molecule has 2 N–H and O–H groups in total. The molecule has 2 atom stereocenters. The predicted octanol–water partition coefficient (Wildman–Crippen LogP) is -0.699. The third kappa shape index (κ3) is 2.93. The van der Waals surface area contributed by atoms with Crippen molar-refractivity contribution in [1.29, 1.82) is 0 Å². The minimum Gasteiger partial charge on any atom is -0.383 e. The molecule has 1 aliphatic rings. The van der Waals surface area contributed by atoms with E-state index in [4.69, 9.17) is 9.88 Å². The van der Waals surface area contributed by atoms with Crippen LogP contribution in [0.2, 0.25) is 0 Å². The smallest absolute Gasteiger partial charge is 0.224 e. The van der Waals surface area contributed by atoms with E-state index < -0.39 is 15.3 Å². The van der Waals surface area contributed by atoms with Gasteiger partial charge in [0.05, 0.1) is 12.6 Å². The lowest BCUT2D eigenvalue weighted by Gasteiger charge is -2.26. The van der Waals surface area contributed by atoms with Crippen LogP contribution in [-0.4, -0.2) is 50.8 Å². The fourth-order valence-corrected chi connectivity index (χ4v) is 2.63. The summed E-state index contributed by atoms with van der Waals surface area (Å²) in [5.74, 6) is -0.164. The van der Waals surface area contributed by atoms with Crippen LogP contribution in [0, 0.1) is 0 Å². The second-order valence-electron chi connectivity index (χ2n) is 3.98. The van der Waals surface area contributed by atoms with Crippen LogP contribution in [0.25, 0.3) is 0 Å². The molecule has 0 aromatic rings. The van der Waals surface area contributed by atoms with Crippen molar-refractivity contribution >= 4 is 15.9 Å². The highest BCUT2D eigenvalue weighted by Gasteiger charge is 2.39. The zero-order valence-corrected chi connectivity index (χ0v) is 10.4. The number of sulfonamides is 1. The number of methoxy groups -OCH3 is 1. The average molecular weight is 250 g/mol. The van der Waals surface area contributed by atoms with Gasteiger partial charge >= 0.3 is 0 Å². The van der Waals surface area contributed by atoms with Gasteiger partial charge in [-0.1, -0.05) is 6.92 Å². The molecule has 0 spiro atoms. The summed E-state index contributed by atoms with van der Waals surface area (Å²) < 4.78 is 27.3. The van der Waals surface area contributed by atoms with E-state index >= 15 is 0 Å². The topological polar surface area (TPSA) is 89.7 Å². The number of carbonyl (C=O) groups is 1. The van der Waals surface area contributed by atoms with Crippen LogP contribution in [-0.2, 0) is 19.6 Å². The van der Waals surface area contributed by atoms with Gasteiger partial charge in [-0.2, -0.15) is 0 Å². The van der Waals surface area contributed by atoms with Gasteiger partial charge in [0.15, 0.2) is 0 Å². The molecule has 2 unspecified atom stereocenters. The highest BCUT2D eigenvalue weighted by molar-refractivity contribution is 7.89. The quantitative estimate of drug-likeness (QED) is 0.698. The monoisotopic (exact) mass is 250 g/mol. The highest BCUT2D eigenvalue weighted by Crippen LogP contribution is 2.20. The Hall–Kier alpha value is -0.660. The summed E-state index contributed by atoms with van der Waals surface area (Å²) in [5, 5.41) is 4.27. The maximum absolute atomic E-state index is 11.7. The Morgan fingerprint density at radius 2 is 2.25 bits per heavy atom. The zero-order valence-electron chi connectivity index (χ0n) is 9.55. The van der Waals surface area contributed by atoms with Crippen molar-refractivity contribution in [2.24, 2.45) is 5.14 Å². The van der Waals surface area contributed by atoms with Gasteiger partial charge in [0.2, 0.25) is 15.9 Å². The Labute approximate surface area is 95.8 Å². The molecule has 0 radical (unpaired) electrons. The van der Waals surface area contributed by atoms with E-state index in [1.807, 2.05) is 6.92 Å². The fourth-order valence-electron chi connectivity index (χ4n) is 1.89. The number of rotatable bonds is 5. The Morgan fingerprint density at radius 3 is 2.62 bits per heavy atom. The number of hydrogen-bond acceptors (Lipinski definition) is 4. The van der Waals surface area contributed by atoms with Crippen molar-refractivity contribution in [2.45, 2.75) is 31.1 Å². The molecule has 7 heteroatoms. The van der Waals surface area contributed by atoms with Crippen LogP contribution in [0.5, 0.6) is 0 Å². The highest BCUT2D eigenvalue weighted by atomic mass is 32.2. The van der Waals surface area contributed by atoms with Crippen molar-refractivity contribution in [3.63, 3.8) is 0 Å². The summed E-state index contributed by atoms with van der Waals surface area (Å²) in [6.45, 7) is 2.53. The van der Waals surface area contributed by atoms with Crippen LogP contribution < -0.4 is 5.14 Å². The van der Waals surface area contributed by atoms with E-state index in [1.54, 1.807) is 12.0 Å². The molecule has 1 rings (SSSR count). The van der Waals surface area contributed by atoms with Gasteiger partial charge in [0.25, 0.3) is 0 Å². The average Bonchev–Trinajstić information content (AvgIpc) is 2.56. The Bertz CT molecular complexity index is 355. The van der Waals surface area contributed by atoms with Crippen LogP contribution in [0.1, 0.15) is 19.8 Å². The number of likely N-dealkylation sites (tertiary alicyclic amines) is 1. The zero-order chi connectivity index (χ0) is 12.3. The molecule has 1 amide bonds. The van der Waals surface area contributed by atoms with E-state index in [1.165, 1.54) is 0 Å². The van der Waals surface area contributed by atoms with E-state index in [0.717, 1.165) is 6.42 Å². The third-order valence-corrected chi connectivity index (χ3v) is 4.10. The lowest BCUT2D eigenvalue weighted by atomic mass is 10.2. The lowest BCUT2D eigenvalue weighted by molar-refractivity contribution is -0.130. The molecule has 0 saturated carbocycles. The summed E-state index contributed by atoms with van der Waals surface area (Å²) in [5.41, 5.74) is 0. The number of nitrogens with two attached hydrogens (primary N) is 1. The number of nitrogens with zero attached hydrogens (tertiary/aromatic N) is 1. The van der Waals surface area contributed by atoms with E-state index in [-0.39, 0.29) is 24.9 Å². The maximum Gasteiger partial charge on any atom is 0.224 e. The first kappa shape index (κ1) is 13.4. The van der Waals surface area contributed by atoms with Crippen LogP contribution >= 0.6 is 0 Å². The number of amides is 1. The lowest BCUT2D eigenvalue weighted by Crippen LogP contribution is -2.40. The number of ether oxygens (including phenoxy) is 1. The maximum atomic E-state index is 11.7. The molecule has 16 heavy (non-hydrogen) atoms. The van der Waals surface area contributed by atoms with Crippen molar-refractivity contribution in [2.75, 3.05) is 20.3 Å². The van der Waals surface area contributed by atoms with Gasteiger partial charge in [-0.25, -0.2) is 13.6 Å². The van der Waals surface area contributed by atoms with Crippen LogP contribution in [0.3, 0.4) is 0 Å². The molecule has 0 aliphatic carbocycles. The van der Waals surface area contributed by atoms with Gasteiger partial charge in [0, 0.05) is 20.1 Å². The van der Waals surface area contributed by atoms with Gasteiger partial charge in [0.1, 0.15) is 5.25 Å². The summed E-state index contributed by atoms with van der Waals surface area (Å²) in [6, 6.07) is -0.0655. The minimum absolute atomic E-state index is 0.0148. The summed E-state index contributed by atoms with van der Waals surface area (Å²) in [6.07, 6.45) is 0.718. The van der Waals surface area contributed by atoms with Crippen LogP contribution in [0.15, 0.2) is 0 Å². The van der Waals surface area contributed by atoms with Crippen molar-refractivity contribution in [1.82, 2.24) is 4.90 Å². The Balaban J connectivity index is 2.74. The number of carbonyl (C=O) groups excluding carboxylic acids is 1. The molecular weight excluding hydrogens is 232 g/mol. The first-order valence-electron chi connectivity index (χ1n) is 5.20. The fraction of sp³-hybridized carbons (Fsp3) is 0.889. The predicted molar refractivity (Wildman–Crippen MR) is 59.2 cm³/mol. The van der Waals surface area contributed by atoms with Crippen molar-refractivity contribution in [3.05, 3.63) is 0 Å². The van der Waals surface area contributed by atoms with Gasteiger partial charge in [-0.15, -0.1) is 0 Å². The second-order valence-corrected chi connectivity index (χ2v) is 5.82. The van der Waals surface area contributed by atoms with Crippen molar-refractivity contribution in [3.8, 4) is 0 Å². The number of hydrogen-bond donors (Lipinski definition) is 1. The molecule has 1 fully saturated rings. The molecule has 0 aromatic carbocycles. The Kier molecular flexibility index (Phi) is 4.28. The molecule has 1 aliphatic heterocycles. The van der Waals surface area contributed by atoms with Gasteiger partial charge < -0.3 is 9.64 Å². The standard InChI is InChI=1S/C9H18N2O4S/c1-3-7(6-15-2)11-5-8(4-9(11)12)16(10,13)14/h7-8H,3-6H2,1-2H3,(H2,10,13,14). The molecule has 6 nitrogen and oxygen atoms in total. The first-order valence-corrected chi connectivity index (χ1v) is 6.81. The van der Waals surface area contributed by atoms with E-state index in [0.29, 0.717) is 6.61 Å².